The molecule has 0 saturated heterocycles. The molecule has 102 valence electrons. The van der Waals surface area contributed by atoms with Crippen LogP contribution in [0.25, 0.3) is 6.08 Å². The van der Waals surface area contributed by atoms with Crippen LogP contribution in [0.5, 0.6) is 11.5 Å². The number of benzene rings is 1. The number of cyclic esters (lactones) is 1. The van der Waals surface area contributed by atoms with Gasteiger partial charge >= 0.3 is 5.97 Å². The monoisotopic (exact) mass is 330 g/mol. The van der Waals surface area contributed by atoms with Crippen molar-refractivity contribution in [3.05, 3.63) is 28.0 Å². The van der Waals surface area contributed by atoms with Gasteiger partial charge in [0.15, 0.2) is 4.74 Å². The van der Waals surface area contributed by atoms with Crippen LogP contribution in [0, 0.1) is 0 Å². The zero-order chi connectivity index (χ0) is 14.2. The summed E-state index contributed by atoms with van der Waals surface area (Å²) >= 11 is 2.71. The number of ether oxygens (including phenoxy) is 3. The minimum absolute atomic E-state index is 0.157. The molecule has 0 saturated carbocycles. The molecule has 0 radical (unpaired) electrons. The number of methoxy groups -OCH3 is 1. The van der Waals surface area contributed by atoms with Gasteiger partial charge < -0.3 is 14.2 Å². The molecule has 0 N–H and O–H groups in total. The Bertz CT molecular complexity index is 562. The maximum atomic E-state index is 13.0. The summed E-state index contributed by atoms with van der Waals surface area (Å²) in [6, 6.07) is 3.16. The van der Waals surface area contributed by atoms with Gasteiger partial charge in [0, 0.05) is 19.4 Å². The number of carbonyl (C=O) groups excluding carboxylic acids is 1. The van der Waals surface area contributed by atoms with Crippen LogP contribution in [0.1, 0.15) is 29.8 Å². The number of fused-ring (bicyclic) bond motifs is 1. The van der Waals surface area contributed by atoms with E-state index >= 15 is 0 Å². The molecule has 0 bridgehead atoms. The molecule has 1 aromatic rings. The molecule has 1 aliphatic heterocycles. The quantitative estimate of drug-likeness (QED) is 0.776. The molecule has 0 spiro atoms. The molecule has 0 atom stereocenters. The highest BCUT2D eigenvalue weighted by atomic mass is 79.9. The Balaban J connectivity index is 2.67. The summed E-state index contributed by atoms with van der Waals surface area (Å²) in [5, 5.41) is 0. The largest absolute Gasteiger partial charge is 0.496 e. The van der Waals surface area contributed by atoms with Gasteiger partial charge in [0.1, 0.15) is 17.1 Å². The van der Waals surface area contributed by atoms with Crippen LogP contribution in [0.2, 0.25) is 0 Å². The first kappa shape index (κ1) is 13.9. The summed E-state index contributed by atoms with van der Waals surface area (Å²) in [6.45, 7) is 3.20. The third-order valence-corrected chi connectivity index (χ3v) is 2.75. The van der Waals surface area contributed by atoms with Crippen molar-refractivity contribution in [1.29, 1.82) is 0 Å². The maximum Gasteiger partial charge on any atom is 0.349 e. The number of rotatable bonds is 2. The molecule has 4 nitrogen and oxygen atoms in total. The Morgan fingerprint density at radius 2 is 2.11 bits per heavy atom. The van der Waals surface area contributed by atoms with Gasteiger partial charge in [-0.25, -0.2) is 4.79 Å². The molecule has 0 aromatic heterocycles. The van der Waals surface area contributed by atoms with E-state index in [1.807, 2.05) is 0 Å². The predicted molar refractivity (Wildman–Crippen MR) is 71.1 cm³/mol. The lowest BCUT2D eigenvalue weighted by Gasteiger charge is -2.33. The molecule has 0 unspecified atom stereocenters. The van der Waals surface area contributed by atoms with Crippen molar-refractivity contribution in [3.63, 3.8) is 0 Å². The van der Waals surface area contributed by atoms with Crippen molar-refractivity contribution >= 4 is 28.0 Å². The Morgan fingerprint density at radius 3 is 2.68 bits per heavy atom. The Kier molecular flexibility index (Phi) is 3.54. The Hall–Kier alpha value is -1.56. The molecule has 6 heteroatoms. The third kappa shape index (κ3) is 2.73. The first-order chi connectivity index (χ1) is 8.84. The van der Waals surface area contributed by atoms with E-state index in [9.17, 15) is 9.18 Å². The standard InChI is InChI=1S/C13H12BrFO4/c1-13(2)18-11-7(6-9(14)15)4-5-8(17-3)10(11)12(16)19-13/h4-6H,1-3H3. The van der Waals surface area contributed by atoms with E-state index in [4.69, 9.17) is 14.2 Å². The number of halogens is 2. The molecular formula is C13H12BrFO4. The van der Waals surface area contributed by atoms with Crippen LogP contribution < -0.4 is 9.47 Å². The Labute approximate surface area is 118 Å². The lowest BCUT2D eigenvalue weighted by molar-refractivity contribution is -0.127. The first-order valence-corrected chi connectivity index (χ1v) is 6.29. The second-order valence-electron chi connectivity index (χ2n) is 4.39. The van der Waals surface area contributed by atoms with Crippen LogP contribution in [0.4, 0.5) is 4.39 Å². The number of esters is 1. The van der Waals surface area contributed by atoms with Gasteiger partial charge in [-0.05, 0) is 34.1 Å². The van der Waals surface area contributed by atoms with Gasteiger partial charge in [0.05, 0.1) is 7.11 Å². The third-order valence-electron chi connectivity index (χ3n) is 2.52. The summed E-state index contributed by atoms with van der Waals surface area (Å²) in [5.74, 6) is -1.10. The van der Waals surface area contributed by atoms with Gasteiger partial charge in [0.2, 0.25) is 5.79 Å². The Morgan fingerprint density at radius 1 is 1.42 bits per heavy atom. The lowest BCUT2D eigenvalue weighted by Crippen LogP contribution is -2.39. The van der Waals surface area contributed by atoms with Crippen molar-refractivity contribution < 1.29 is 23.4 Å². The van der Waals surface area contributed by atoms with E-state index in [0.29, 0.717) is 11.3 Å². The van der Waals surface area contributed by atoms with Gasteiger partial charge in [-0.15, -0.1) is 0 Å². The maximum absolute atomic E-state index is 13.0. The molecule has 0 aliphatic carbocycles. The van der Waals surface area contributed by atoms with Gasteiger partial charge in [-0.1, -0.05) is 0 Å². The summed E-state index contributed by atoms with van der Waals surface area (Å²) in [5.41, 5.74) is 0.583. The van der Waals surface area contributed by atoms with Gasteiger partial charge in [-0.2, -0.15) is 4.39 Å². The normalized spacial score (nSPS) is 17.3. The molecule has 19 heavy (non-hydrogen) atoms. The molecule has 1 aromatic carbocycles. The zero-order valence-corrected chi connectivity index (χ0v) is 12.2. The minimum Gasteiger partial charge on any atom is -0.496 e. The summed E-state index contributed by atoms with van der Waals surface area (Å²) in [6.07, 6.45) is 1.22. The molecule has 0 amide bonds. The highest BCUT2D eigenvalue weighted by Crippen LogP contribution is 2.40. The summed E-state index contributed by atoms with van der Waals surface area (Å²) in [7, 11) is 1.43. The highest BCUT2D eigenvalue weighted by molar-refractivity contribution is 9.11. The van der Waals surface area contributed by atoms with E-state index in [2.05, 4.69) is 15.9 Å². The van der Waals surface area contributed by atoms with Crippen molar-refractivity contribution in [3.8, 4) is 11.5 Å². The van der Waals surface area contributed by atoms with Crippen LogP contribution >= 0.6 is 15.9 Å². The molecule has 1 heterocycles. The summed E-state index contributed by atoms with van der Waals surface area (Å²) < 4.78 is 28.3. The fraction of sp³-hybridized carbons (Fsp3) is 0.308. The van der Waals surface area contributed by atoms with Crippen LogP contribution in [0.15, 0.2) is 16.9 Å². The van der Waals surface area contributed by atoms with E-state index in [-0.39, 0.29) is 11.3 Å². The fourth-order valence-corrected chi connectivity index (χ4v) is 2.07. The van der Waals surface area contributed by atoms with Gasteiger partial charge in [-0.3, -0.25) is 0 Å². The molecule has 2 rings (SSSR count). The van der Waals surface area contributed by atoms with Crippen molar-refractivity contribution in [2.75, 3.05) is 7.11 Å². The van der Waals surface area contributed by atoms with Crippen molar-refractivity contribution in [2.45, 2.75) is 19.6 Å². The predicted octanol–water partition coefficient (Wildman–Crippen LogP) is 3.64. The highest BCUT2D eigenvalue weighted by Gasteiger charge is 2.37. The number of hydrogen-bond acceptors (Lipinski definition) is 4. The smallest absolute Gasteiger partial charge is 0.349 e. The van der Waals surface area contributed by atoms with Crippen molar-refractivity contribution in [2.24, 2.45) is 0 Å². The van der Waals surface area contributed by atoms with E-state index in [1.165, 1.54) is 13.2 Å². The lowest BCUT2D eigenvalue weighted by atomic mass is 10.1. The van der Waals surface area contributed by atoms with E-state index < -0.39 is 16.5 Å². The van der Waals surface area contributed by atoms with Crippen LogP contribution in [-0.4, -0.2) is 18.9 Å². The summed E-state index contributed by atoms with van der Waals surface area (Å²) in [4.78, 5) is 12.0. The molecule has 0 fully saturated rings. The first-order valence-electron chi connectivity index (χ1n) is 5.50. The minimum atomic E-state index is -1.11. The second kappa shape index (κ2) is 4.85. The van der Waals surface area contributed by atoms with Gasteiger partial charge in [0.25, 0.3) is 0 Å². The average Bonchev–Trinajstić information content (AvgIpc) is 2.28. The van der Waals surface area contributed by atoms with E-state index in [1.54, 1.807) is 26.0 Å². The van der Waals surface area contributed by atoms with Crippen molar-refractivity contribution in [1.82, 2.24) is 0 Å². The number of hydrogen-bond donors (Lipinski definition) is 0. The topological polar surface area (TPSA) is 44.8 Å². The zero-order valence-electron chi connectivity index (χ0n) is 10.6. The average molecular weight is 331 g/mol. The van der Waals surface area contributed by atoms with Crippen LogP contribution in [-0.2, 0) is 4.74 Å². The van der Waals surface area contributed by atoms with E-state index in [0.717, 1.165) is 0 Å². The van der Waals surface area contributed by atoms with Crippen LogP contribution in [0.3, 0.4) is 0 Å². The SMILES string of the molecule is COc1ccc(C=C(F)Br)c2c1C(=O)OC(C)(C)O2. The number of carbonyl (C=O) groups is 1. The fourth-order valence-electron chi connectivity index (χ4n) is 1.83. The molecular weight excluding hydrogens is 319 g/mol. The second-order valence-corrected chi connectivity index (χ2v) is 5.14. The molecule has 1 aliphatic rings.